The minimum absolute atomic E-state index is 0.151. The normalized spacial score (nSPS) is 17.3. The summed E-state index contributed by atoms with van der Waals surface area (Å²) in [5, 5.41) is 23.3. The van der Waals surface area contributed by atoms with E-state index in [-0.39, 0.29) is 5.91 Å². The lowest BCUT2D eigenvalue weighted by Crippen LogP contribution is -2.44. The molecule has 2 aromatic rings. The molecule has 0 aliphatic heterocycles. The fourth-order valence-corrected chi connectivity index (χ4v) is 3.68. The minimum atomic E-state index is -0.751. The molecule has 0 spiro atoms. The van der Waals surface area contributed by atoms with E-state index in [0.717, 1.165) is 48.8 Å². The zero-order valence-electron chi connectivity index (χ0n) is 15.9. The van der Waals surface area contributed by atoms with Gasteiger partial charge in [-0.3, -0.25) is 4.79 Å². The van der Waals surface area contributed by atoms with E-state index in [2.05, 4.69) is 5.32 Å². The van der Waals surface area contributed by atoms with Gasteiger partial charge in [-0.05, 0) is 48.1 Å². The number of hydrogen-bond acceptors (Lipinski definition) is 3. The molecule has 1 aliphatic carbocycles. The molecule has 1 fully saturated rings. The Hall–Kier alpha value is -2.17. The highest BCUT2D eigenvalue weighted by atomic mass is 16.3. The van der Waals surface area contributed by atoms with Gasteiger partial charge < -0.3 is 15.5 Å². The lowest BCUT2D eigenvalue weighted by atomic mass is 9.85. The standard InChI is InChI=1S/C23H29NO3/c1-2-21(25)19-10-6-17(7-11-19)18-8-12-20(13-9-18)22(26)24-16-23(27)14-4-3-5-15-23/h6-13,21,25,27H,2-5,14-16H2,1H3,(H,24,26)/t21-/m0/s1. The summed E-state index contributed by atoms with van der Waals surface area (Å²) in [6.07, 6.45) is 4.99. The fourth-order valence-electron chi connectivity index (χ4n) is 3.68. The lowest BCUT2D eigenvalue weighted by Gasteiger charge is -2.32. The van der Waals surface area contributed by atoms with Crippen molar-refractivity contribution >= 4 is 5.91 Å². The third-order valence-electron chi connectivity index (χ3n) is 5.52. The first-order valence-corrected chi connectivity index (χ1v) is 9.90. The van der Waals surface area contributed by atoms with E-state index in [4.69, 9.17) is 0 Å². The van der Waals surface area contributed by atoms with Gasteiger partial charge >= 0.3 is 0 Å². The highest BCUT2D eigenvalue weighted by molar-refractivity contribution is 5.94. The predicted octanol–water partition coefficient (Wildman–Crippen LogP) is 4.22. The van der Waals surface area contributed by atoms with Crippen molar-refractivity contribution in [2.75, 3.05) is 6.54 Å². The van der Waals surface area contributed by atoms with Crippen LogP contribution in [0.2, 0.25) is 0 Å². The Morgan fingerprint density at radius 2 is 1.56 bits per heavy atom. The summed E-state index contributed by atoms with van der Waals surface area (Å²) in [5.41, 5.74) is 2.83. The predicted molar refractivity (Wildman–Crippen MR) is 107 cm³/mol. The smallest absolute Gasteiger partial charge is 0.251 e. The van der Waals surface area contributed by atoms with Crippen LogP contribution in [0.1, 0.15) is 67.5 Å². The molecule has 0 heterocycles. The van der Waals surface area contributed by atoms with Crippen molar-refractivity contribution in [3.63, 3.8) is 0 Å². The van der Waals surface area contributed by atoms with Crippen molar-refractivity contribution in [1.82, 2.24) is 5.32 Å². The molecule has 4 nitrogen and oxygen atoms in total. The molecule has 27 heavy (non-hydrogen) atoms. The third kappa shape index (κ3) is 4.96. The minimum Gasteiger partial charge on any atom is -0.388 e. The number of aliphatic hydroxyl groups is 2. The number of rotatable bonds is 6. The number of carbonyl (C=O) groups excluding carboxylic acids is 1. The number of hydrogen-bond donors (Lipinski definition) is 3. The number of aliphatic hydroxyl groups excluding tert-OH is 1. The first-order chi connectivity index (χ1) is 13.0. The van der Waals surface area contributed by atoms with Gasteiger partial charge in [-0.15, -0.1) is 0 Å². The van der Waals surface area contributed by atoms with Crippen LogP contribution < -0.4 is 5.32 Å². The molecule has 4 heteroatoms. The van der Waals surface area contributed by atoms with E-state index in [9.17, 15) is 15.0 Å². The molecule has 1 atom stereocenters. The van der Waals surface area contributed by atoms with Crippen molar-refractivity contribution < 1.29 is 15.0 Å². The summed E-state index contributed by atoms with van der Waals surface area (Å²) in [6.45, 7) is 2.27. The van der Waals surface area contributed by atoms with Gasteiger partial charge in [-0.1, -0.05) is 62.6 Å². The van der Waals surface area contributed by atoms with Crippen molar-refractivity contribution in [3.05, 3.63) is 59.7 Å². The van der Waals surface area contributed by atoms with Crippen LogP contribution in [-0.4, -0.2) is 28.3 Å². The van der Waals surface area contributed by atoms with Crippen LogP contribution in [-0.2, 0) is 0 Å². The maximum Gasteiger partial charge on any atom is 0.251 e. The summed E-state index contributed by atoms with van der Waals surface area (Å²) in [7, 11) is 0. The number of amides is 1. The van der Waals surface area contributed by atoms with Crippen molar-refractivity contribution in [1.29, 1.82) is 0 Å². The second-order valence-electron chi connectivity index (χ2n) is 7.59. The first kappa shape index (κ1) is 19.6. The summed E-state index contributed by atoms with van der Waals surface area (Å²) in [4.78, 5) is 12.4. The Kier molecular flexibility index (Phi) is 6.30. The van der Waals surface area contributed by atoms with Gasteiger partial charge in [0, 0.05) is 12.1 Å². The Labute approximate surface area is 161 Å². The van der Waals surface area contributed by atoms with Crippen LogP contribution in [0.15, 0.2) is 48.5 Å². The van der Waals surface area contributed by atoms with Crippen molar-refractivity contribution in [2.24, 2.45) is 0 Å². The lowest BCUT2D eigenvalue weighted by molar-refractivity contribution is 0.00525. The Morgan fingerprint density at radius 3 is 2.11 bits per heavy atom. The molecular weight excluding hydrogens is 338 g/mol. The van der Waals surface area contributed by atoms with E-state index >= 15 is 0 Å². The van der Waals surface area contributed by atoms with E-state index in [1.807, 2.05) is 55.5 Å². The average molecular weight is 367 g/mol. The number of carbonyl (C=O) groups is 1. The van der Waals surface area contributed by atoms with Gasteiger partial charge in [0.1, 0.15) is 0 Å². The molecule has 144 valence electrons. The van der Waals surface area contributed by atoms with Crippen LogP contribution in [0.25, 0.3) is 11.1 Å². The van der Waals surface area contributed by atoms with E-state index in [1.54, 1.807) is 0 Å². The van der Waals surface area contributed by atoms with E-state index in [1.165, 1.54) is 0 Å². The topological polar surface area (TPSA) is 69.6 Å². The Balaban J connectivity index is 1.61. The van der Waals surface area contributed by atoms with Gasteiger partial charge in [-0.25, -0.2) is 0 Å². The van der Waals surface area contributed by atoms with Gasteiger partial charge in [0.25, 0.3) is 5.91 Å². The van der Waals surface area contributed by atoms with Gasteiger partial charge in [0.2, 0.25) is 0 Å². The molecule has 3 N–H and O–H groups in total. The summed E-state index contributed by atoms with van der Waals surface area (Å²) >= 11 is 0. The fraction of sp³-hybridized carbons (Fsp3) is 0.435. The average Bonchev–Trinajstić information content (AvgIpc) is 2.72. The van der Waals surface area contributed by atoms with Crippen molar-refractivity contribution in [2.45, 2.75) is 57.2 Å². The highest BCUT2D eigenvalue weighted by Gasteiger charge is 2.29. The van der Waals surface area contributed by atoms with Crippen LogP contribution in [0, 0.1) is 0 Å². The van der Waals surface area contributed by atoms with E-state index < -0.39 is 11.7 Å². The quantitative estimate of drug-likeness (QED) is 0.716. The van der Waals surface area contributed by atoms with E-state index in [0.29, 0.717) is 18.5 Å². The highest BCUT2D eigenvalue weighted by Crippen LogP contribution is 2.27. The SMILES string of the molecule is CC[C@H](O)c1ccc(-c2ccc(C(=O)NCC3(O)CCCCC3)cc2)cc1. The van der Waals surface area contributed by atoms with Gasteiger partial charge in [0.15, 0.2) is 0 Å². The molecule has 0 saturated heterocycles. The molecule has 0 aromatic heterocycles. The molecule has 1 aliphatic rings. The number of benzene rings is 2. The third-order valence-corrected chi connectivity index (χ3v) is 5.52. The maximum absolute atomic E-state index is 12.4. The second kappa shape index (κ2) is 8.68. The summed E-state index contributed by atoms with van der Waals surface area (Å²) in [5.74, 6) is -0.151. The molecule has 1 amide bonds. The zero-order valence-corrected chi connectivity index (χ0v) is 15.9. The van der Waals surface area contributed by atoms with Crippen LogP contribution >= 0.6 is 0 Å². The zero-order chi connectivity index (χ0) is 19.3. The second-order valence-corrected chi connectivity index (χ2v) is 7.59. The van der Waals surface area contributed by atoms with Crippen LogP contribution in [0.4, 0.5) is 0 Å². The largest absolute Gasteiger partial charge is 0.388 e. The van der Waals surface area contributed by atoms with Crippen LogP contribution in [0.5, 0.6) is 0 Å². The molecule has 1 saturated carbocycles. The molecule has 0 unspecified atom stereocenters. The van der Waals surface area contributed by atoms with Gasteiger partial charge in [0.05, 0.1) is 11.7 Å². The molecule has 2 aromatic carbocycles. The Bertz CT molecular complexity index is 746. The molecule has 0 radical (unpaired) electrons. The van der Waals surface area contributed by atoms with Crippen molar-refractivity contribution in [3.8, 4) is 11.1 Å². The maximum atomic E-state index is 12.4. The number of nitrogens with one attached hydrogen (secondary N) is 1. The molecule has 0 bridgehead atoms. The van der Waals surface area contributed by atoms with Gasteiger partial charge in [-0.2, -0.15) is 0 Å². The summed E-state index contributed by atoms with van der Waals surface area (Å²) < 4.78 is 0. The molecular formula is C23H29NO3. The monoisotopic (exact) mass is 367 g/mol. The molecule has 3 rings (SSSR count). The first-order valence-electron chi connectivity index (χ1n) is 9.90. The van der Waals surface area contributed by atoms with Crippen LogP contribution in [0.3, 0.4) is 0 Å². The Morgan fingerprint density at radius 1 is 1.00 bits per heavy atom. The summed E-state index contributed by atoms with van der Waals surface area (Å²) in [6, 6.07) is 15.3.